The third-order valence-corrected chi connectivity index (χ3v) is 4.69. The number of aromatic nitrogens is 3. The first-order valence-corrected chi connectivity index (χ1v) is 9.66. The topological polar surface area (TPSA) is 78.3 Å². The summed E-state index contributed by atoms with van der Waals surface area (Å²) in [4.78, 5) is 12.6. The van der Waals surface area contributed by atoms with E-state index in [1.165, 1.54) is 0 Å². The van der Waals surface area contributed by atoms with E-state index < -0.39 is 0 Å². The summed E-state index contributed by atoms with van der Waals surface area (Å²) < 4.78 is 12.4. The SMILES string of the molecule is CCOc1ccc(NC(=O)c2ccc3c(c2)nnn3Cc2ccc(OC)cc2)cc1. The highest BCUT2D eigenvalue weighted by molar-refractivity contribution is 6.05. The summed E-state index contributed by atoms with van der Waals surface area (Å²) in [5, 5.41) is 11.3. The van der Waals surface area contributed by atoms with E-state index >= 15 is 0 Å². The molecule has 0 aliphatic heterocycles. The molecule has 0 spiro atoms. The molecule has 30 heavy (non-hydrogen) atoms. The molecule has 0 unspecified atom stereocenters. The first-order chi connectivity index (χ1) is 14.7. The lowest BCUT2D eigenvalue weighted by atomic mass is 10.1. The molecule has 0 bridgehead atoms. The van der Waals surface area contributed by atoms with Crippen molar-refractivity contribution in [3.05, 3.63) is 77.9 Å². The standard InChI is InChI=1S/C23H22N4O3/c1-3-30-20-11-7-18(8-12-20)24-23(28)17-6-13-22-21(14-17)25-26-27(22)15-16-4-9-19(29-2)10-5-16/h4-14H,3,15H2,1-2H3,(H,24,28). The van der Waals surface area contributed by atoms with Gasteiger partial charge in [-0.05, 0) is 67.1 Å². The Kier molecular flexibility index (Phi) is 5.61. The Morgan fingerprint density at radius 3 is 2.43 bits per heavy atom. The van der Waals surface area contributed by atoms with Crippen LogP contribution in [0.1, 0.15) is 22.8 Å². The van der Waals surface area contributed by atoms with Crippen LogP contribution in [0, 0.1) is 0 Å². The average Bonchev–Trinajstić information content (AvgIpc) is 3.18. The molecule has 0 atom stereocenters. The fourth-order valence-corrected chi connectivity index (χ4v) is 3.14. The van der Waals surface area contributed by atoms with Gasteiger partial charge in [0.05, 0.1) is 25.8 Å². The van der Waals surface area contributed by atoms with Crippen LogP contribution in [0.25, 0.3) is 11.0 Å². The molecular weight excluding hydrogens is 380 g/mol. The van der Waals surface area contributed by atoms with Gasteiger partial charge in [-0.15, -0.1) is 5.10 Å². The number of carbonyl (C=O) groups excluding carboxylic acids is 1. The molecule has 0 saturated carbocycles. The van der Waals surface area contributed by atoms with Gasteiger partial charge in [0.1, 0.15) is 17.0 Å². The molecule has 1 amide bonds. The number of amides is 1. The number of hydrogen-bond acceptors (Lipinski definition) is 5. The normalized spacial score (nSPS) is 10.7. The lowest BCUT2D eigenvalue weighted by Gasteiger charge is -2.07. The lowest BCUT2D eigenvalue weighted by Crippen LogP contribution is -2.11. The Morgan fingerprint density at radius 2 is 1.73 bits per heavy atom. The van der Waals surface area contributed by atoms with Crippen LogP contribution >= 0.6 is 0 Å². The number of rotatable bonds is 7. The summed E-state index contributed by atoms with van der Waals surface area (Å²) in [7, 11) is 1.64. The molecule has 4 rings (SSSR count). The van der Waals surface area contributed by atoms with Gasteiger partial charge in [-0.1, -0.05) is 17.3 Å². The van der Waals surface area contributed by atoms with E-state index in [9.17, 15) is 4.79 Å². The second-order valence-electron chi connectivity index (χ2n) is 6.71. The van der Waals surface area contributed by atoms with E-state index in [0.717, 1.165) is 22.6 Å². The summed E-state index contributed by atoms with van der Waals surface area (Å²) >= 11 is 0. The molecule has 3 aromatic carbocycles. The predicted molar refractivity (Wildman–Crippen MR) is 115 cm³/mol. The number of nitrogens with zero attached hydrogens (tertiary/aromatic N) is 3. The number of carbonyl (C=O) groups is 1. The Morgan fingerprint density at radius 1 is 1.00 bits per heavy atom. The third-order valence-electron chi connectivity index (χ3n) is 4.69. The van der Waals surface area contributed by atoms with Gasteiger partial charge in [-0.2, -0.15) is 0 Å². The van der Waals surface area contributed by atoms with Gasteiger partial charge < -0.3 is 14.8 Å². The summed E-state index contributed by atoms with van der Waals surface area (Å²) in [6.07, 6.45) is 0. The number of methoxy groups -OCH3 is 1. The predicted octanol–water partition coefficient (Wildman–Crippen LogP) is 4.14. The maximum absolute atomic E-state index is 12.6. The minimum absolute atomic E-state index is 0.203. The van der Waals surface area contributed by atoms with Crippen LogP contribution in [0.5, 0.6) is 11.5 Å². The van der Waals surface area contributed by atoms with Gasteiger partial charge in [-0.3, -0.25) is 4.79 Å². The van der Waals surface area contributed by atoms with E-state index in [-0.39, 0.29) is 5.91 Å². The number of benzene rings is 3. The zero-order valence-electron chi connectivity index (χ0n) is 16.8. The fraction of sp³-hybridized carbons (Fsp3) is 0.174. The van der Waals surface area contributed by atoms with Crippen LogP contribution in [0.15, 0.2) is 66.7 Å². The second kappa shape index (κ2) is 8.65. The maximum atomic E-state index is 12.6. The molecular formula is C23H22N4O3. The summed E-state index contributed by atoms with van der Waals surface area (Å²) in [5.74, 6) is 1.38. The van der Waals surface area contributed by atoms with Crippen molar-refractivity contribution in [1.82, 2.24) is 15.0 Å². The Bertz CT molecular complexity index is 1150. The zero-order chi connectivity index (χ0) is 20.9. The molecule has 7 heteroatoms. The number of fused-ring (bicyclic) bond motifs is 1. The van der Waals surface area contributed by atoms with Crippen LogP contribution in [-0.2, 0) is 6.54 Å². The van der Waals surface area contributed by atoms with Gasteiger partial charge >= 0.3 is 0 Å². The minimum atomic E-state index is -0.203. The highest BCUT2D eigenvalue weighted by atomic mass is 16.5. The maximum Gasteiger partial charge on any atom is 0.255 e. The van der Waals surface area contributed by atoms with Crippen molar-refractivity contribution < 1.29 is 14.3 Å². The van der Waals surface area contributed by atoms with Gasteiger partial charge in [0.25, 0.3) is 5.91 Å². The molecule has 0 saturated heterocycles. The Labute approximate surface area is 174 Å². The van der Waals surface area contributed by atoms with Crippen LogP contribution in [0.4, 0.5) is 5.69 Å². The van der Waals surface area contributed by atoms with Crippen molar-refractivity contribution in [3.63, 3.8) is 0 Å². The van der Waals surface area contributed by atoms with Gasteiger partial charge in [0, 0.05) is 11.3 Å². The van der Waals surface area contributed by atoms with Crippen molar-refractivity contribution in [3.8, 4) is 11.5 Å². The number of nitrogens with one attached hydrogen (secondary N) is 1. The van der Waals surface area contributed by atoms with Crippen molar-refractivity contribution in [2.24, 2.45) is 0 Å². The molecule has 0 aliphatic carbocycles. The minimum Gasteiger partial charge on any atom is -0.497 e. The van der Waals surface area contributed by atoms with Crippen molar-refractivity contribution in [2.45, 2.75) is 13.5 Å². The molecule has 1 aromatic heterocycles. The molecule has 4 aromatic rings. The average molecular weight is 402 g/mol. The first kappa shape index (κ1) is 19.4. The van der Waals surface area contributed by atoms with Crippen LogP contribution in [0.3, 0.4) is 0 Å². The summed E-state index contributed by atoms with van der Waals surface area (Å²) in [6.45, 7) is 3.11. The summed E-state index contributed by atoms with van der Waals surface area (Å²) in [6, 6.07) is 20.5. The lowest BCUT2D eigenvalue weighted by molar-refractivity contribution is 0.102. The Balaban J connectivity index is 1.48. The van der Waals surface area contributed by atoms with Crippen LogP contribution in [0.2, 0.25) is 0 Å². The van der Waals surface area contributed by atoms with Crippen molar-refractivity contribution >= 4 is 22.6 Å². The molecule has 0 fully saturated rings. The van der Waals surface area contributed by atoms with E-state index in [0.29, 0.717) is 29.9 Å². The van der Waals surface area contributed by atoms with E-state index in [4.69, 9.17) is 9.47 Å². The molecule has 1 N–H and O–H groups in total. The molecule has 0 radical (unpaired) electrons. The van der Waals surface area contributed by atoms with E-state index in [1.54, 1.807) is 19.2 Å². The fourth-order valence-electron chi connectivity index (χ4n) is 3.14. The van der Waals surface area contributed by atoms with Gasteiger partial charge in [-0.25, -0.2) is 4.68 Å². The van der Waals surface area contributed by atoms with Gasteiger partial charge in [0.15, 0.2) is 0 Å². The van der Waals surface area contributed by atoms with Crippen molar-refractivity contribution in [2.75, 3.05) is 19.0 Å². The Hall–Kier alpha value is -3.87. The van der Waals surface area contributed by atoms with Crippen LogP contribution in [-0.4, -0.2) is 34.6 Å². The third kappa shape index (κ3) is 4.25. The molecule has 1 heterocycles. The largest absolute Gasteiger partial charge is 0.497 e. The second-order valence-corrected chi connectivity index (χ2v) is 6.71. The number of hydrogen-bond donors (Lipinski definition) is 1. The van der Waals surface area contributed by atoms with E-state index in [2.05, 4.69) is 15.6 Å². The van der Waals surface area contributed by atoms with Gasteiger partial charge in [0.2, 0.25) is 0 Å². The molecule has 0 aliphatic rings. The smallest absolute Gasteiger partial charge is 0.255 e. The van der Waals surface area contributed by atoms with E-state index in [1.807, 2.05) is 66.2 Å². The highest BCUT2D eigenvalue weighted by Crippen LogP contribution is 2.19. The monoisotopic (exact) mass is 402 g/mol. The number of anilines is 1. The number of ether oxygens (including phenoxy) is 2. The highest BCUT2D eigenvalue weighted by Gasteiger charge is 2.11. The molecule has 7 nitrogen and oxygen atoms in total. The van der Waals surface area contributed by atoms with Crippen molar-refractivity contribution in [1.29, 1.82) is 0 Å². The summed E-state index contributed by atoms with van der Waals surface area (Å²) in [5.41, 5.74) is 3.84. The zero-order valence-corrected chi connectivity index (χ0v) is 16.8. The quantitative estimate of drug-likeness (QED) is 0.503. The first-order valence-electron chi connectivity index (χ1n) is 9.66. The molecule has 152 valence electrons. The van der Waals surface area contributed by atoms with Crippen LogP contribution < -0.4 is 14.8 Å².